The van der Waals surface area contributed by atoms with Crippen LogP contribution in [0.3, 0.4) is 0 Å². The van der Waals surface area contributed by atoms with Crippen molar-refractivity contribution in [3.05, 3.63) is 46.7 Å². The summed E-state index contributed by atoms with van der Waals surface area (Å²) in [5, 5.41) is 0. The van der Waals surface area contributed by atoms with Crippen LogP contribution in [0.25, 0.3) is 0 Å². The van der Waals surface area contributed by atoms with Gasteiger partial charge in [-0.15, -0.1) is 0 Å². The second-order valence-corrected chi connectivity index (χ2v) is 4.40. The third kappa shape index (κ3) is 3.42. The van der Waals surface area contributed by atoms with Crippen LogP contribution in [-0.2, 0) is 6.42 Å². The Labute approximate surface area is 108 Å². The molecule has 1 aromatic heterocycles. The van der Waals surface area contributed by atoms with Gasteiger partial charge in [0, 0.05) is 24.5 Å². The van der Waals surface area contributed by atoms with E-state index in [-0.39, 0.29) is 0 Å². The Balaban J connectivity index is 1.88. The Morgan fingerprint density at radius 3 is 2.59 bits per heavy atom. The van der Waals surface area contributed by atoms with Crippen molar-refractivity contribution in [3.8, 4) is 6.01 Å². The minimum Gasteiger partial charge on any atom is -0.463 e. The molecule has 0 saturated carbocycles. The lowest BCUT2D eigenvalue weighted by molar-refractivity contribution is 0.296. The molecule has 5 heteroatoms. The Kier molecular flexibility index (Phi) is 3.93. The molecular weight excluding hydrogens is 282 g/mol. The number of rotatable bonds is 4. The van der Waals surface area contributed by atoms with Crippen LogP contribution >= 0.6 is 15.9 Å². The van der Waals surface area contributed by atoms with Gasteiger partial charge in [-0.3, -0.25) is 0 Å². The van der Waals surface area contributed by atoms with E-state index in [0.717, 1.165) is 22.1 Å². The van der Waals surface area contributed by atoms with Crippen molar-refractivity contribution in [2.45, 2.75) is 6.42 Å². The first-order valence-corrected chi connectivity index (χ1v) is 5.99. The Morgan fingerprint density at radius 2 is 1.88 bits per heavy atom. The number of nitrogen functional groups attached to an aromatic ring is 1. The number of nitrogens with zero attached hydrogens (tertiary/aromatic N) is 2. The first-order valence-electron chi connectivity index (χ1n) is 5.19. The number of hydrogen-bond donors (Lipinski definition) is 1. The average molecular weight is 294 g/mol. The number of hydrogen-bond acceptors (Lipinski definition) is 4. The number of nitrogens with two attached hydrogens (primary N) is 1. The predicted octanol–water partition coefficient (Wildman–Crippen LogP) is 2.44. The van der Waals surface area contributed by atoms with Crippen molar-refractivity contribution in [1.29, 1.82) is 0 Å². The van der Waals surface area contributed by atoms with Crippen LogP contribution in [0.4, 0.5) is 5.69 Å². The zero-order valence-corrected chi connectivity index (χ0v) is 10.7. The van der Waals surface area contributed by atoms with Gasteiger partial charge in [-0.25, -0.2) is 9.97 Å². The molecule has 0 saturated heterocycles. The van der Waals surface area contributed by atoms with Crippen molar-refractivity contribution in [1.82, 2.24) is 9.97 Å². The van der Waals surface area contributed by atoms with Gasteiger partial charge in [-0.05, 0) is 27.6 Å². The molecule has 2 aromatic rings. The third-order valence-electron chi connectivity index (χ3n) is 2.25. The summed E-state index contributed by atoms with van der Waals surface area (Å²) in [5.74, 6) is 0. The molecule has 0 bridgehead atoms. The number of aromatic nitrogens is 2. The number of anilines is 1. The van der Waals surface area contributed by atoms with Gasteiger partial charge in [0.2, 0.25) is 0 Å². The highest BCUT2D eigenvalue weighted by molar-refractivity contribution is 9.10. The monoisotopic (exact) mass is 293 g/mol. The summed E-state index contributed by atoms with van der Waals surface area (Å²) in [6.07, 6.45) is 4.05. The van der Waals surface area contributed by atoms with Crippen molar-refractivity contribution >= 4 is 21.6 Å². The highest BCUT2D eigenvalue weighted by Crippen LogP contribution is 2.12. The zero-order chi connectivity index (χ0) is 12.1. The summed E-state index contributed by atoms with van der Waals surface area (Å²) < 4.78 is 6.25. The smallest absolute Gasteiger partial charge is 0.316 e. The normalized spacial score (nSPS) is 10.2. The SMILES string of the molecule is Nc1ccccc1CCOc1ncc(Br)cn1. The molecule has 2 N–H and O–H groups in total. The Morgan fingerprint density at radius 1 is 1.18 bits per heavy atom. The van der Waals surface area contributed by atoms with E-state index >= 15 is 0 Å². The van der Waals surface area contributed by atoms with Crippen LogP contribution in [0, 0.1) is 0 Å². The lowest BCUT2D eigenvalue weighted by Gasteiger charge is -2.06. The molecule has 0 fully saturated rings. The lowest BCUT2D eigenvalue weighted by Crippen LogP contribution is -2.05. The first-order chi connectivity index (χ1) is 8.25. The molecule has 0 aliphatic carbocycles. The molecule has 1 aromatic carbocycles. The van der Waals surface area contributed by atoms with E-state index in [1.807, 2.05) is 24.3 Å². The molecule has 0 atom stereocenters. The summed E-state index contributed by atoms with van der Waals surface area (Å²) in [7, 11) is 0. The highest BCUT2D eigenvalue weighted by atomic mass is 79.9. The number of para-hydroxylation sites is 1. The fourth-order valence-electron chi connectivity index (χ4n) is 1.39. The van der Waals surface area contributed by atoms with Crippen molar-refractivity contribution in [2.75, 3.05) is 12.3 Å². The van der Waals surface area contributed by atoms with Crippen molar-refractivity contribution in [3.63, 3.8) is 0 Å². The van der Waals surface area contributed by atoms with Crippen LogP contribution in [0.15, 0.2) is 41.1 Å². The number of ether oxygens (including phenoxy) is 1. The quantitative estimate of drug-likeness (QED) is 0.880. The van der Waals surface area contributed by atoms with Crippen LogP contribution in [-0.4, -0.2) is 16.6 Å². The summed E-state index contributed by atoms with van der Waals surface area (Å²) in [4.78, 5) is 8.04. The minimum absolute atomic E-state index is 0.378. The number of halogens is 1. The van der Waals surface area contributed by atoms with Crippen LogP contribution in [0.5, 0.6) is 6.01 Å². The second-order valence-electron chi connectivity index (χ2n) is 3.48. The van der Waals surface area contributed by atoms with Crippen molar-refractivity contribution in [2.24, 2.45) is 0 Å². The topological polar surface area (TPSA) is 61.0 Å². The van der Waals surface area contributed by atoms with E-state index in [2.05, 4.69) is 25.9 Å². The molecular formula is C12H12BrN3O. The van der Waals surface area contributed by atoms with Crippen molar-refractivity contribution < 1.29 is 4.74 Å². The van der Waals surface area contributed by atoms with E-state index in [9.17, 15) is 0 Å². The lowest BCUT2D eigenvalue weighted by atomic mass is 10.1. The summed E-state index contributed by atoms with van der Waals surface area (Å²) >= 11 is 3.26. The summed E-state index contributed by atoms with van der Waals surface area (Å²) in [5.41, 5.74) is 7.69. The van der Waals surface area contributed by atoms with Crippen LogP contribution < -0.4 is 10.5 Å². The standard InChI is InChI=1S/C12H12BrN3O/c13-10-7-15-12(16-8-10)17-6-5-9-3-1-2-4-11(9)14/h1-4,7-8H,5-6,14H2. The zero-order valence-electron chi connectivity index (χ0n) is 9.14. The highest BCUT2D eigenvalue weighted by Gasteiger charge is 2.00. The van der Waals surface area contributed by atoms with E-state index in [1.54, 1.807) is 12.4 Å². The summed E-state index contributed by atoms with van der Waals surface area (Å²) in [6.45, 7) is 0.510. The third-order valence-corrected chi connectivity index (χ3v) is 2.66. The largest absolute Gasteiger partial charge is 0.463 e. The predicted molar refractivity (Wildman–Crippen MR) is 69.8 cm³/mol. The molecule has 88 valence electrons. The van der Waals surface area contributed by atoms with Gasteiger partial charge in [-0.1, -0.05) is 18.2 Å². The van der Waals surface area contributed by atoms with Gasteiger partial charge in [0.25, 0.3) is 0 Å². The Bertz CT molecular complexity index is 487. The fraction of sp³-hybridized carbons (Fsp3) is 0.167. The molecule has 0 spiro atoms. The molecule has 2 rings (SSSR count). The molecule has 1 heterocycles. The molecule has 0 amide bonds. The molecule has 0 radical (unpaired) electrons. The fourth-order valence-corrected chi connectivity index (χ4v) is 1.59. The second kappa shape index (κ2) is 5.63. The maximum atomic E-state index is 5.83. The molecule has 0 unspecified atom stereocenters. The van der Waals surface area contributed by atoms with E-state index < -0.39 is 0 Å². The van der Waals surface area contributed by atoms with E-state index in [0.29, 0.717) is 12.6 Å². The van der Waals surface area contributed by atoms with Gasteiger partial charge in [-0.2, -0.15) is 0 Å². The molecule has 17 heavy (non-hydrogen) atoms. The van der Waals surface area contributed by atoms with Gasteiger partial charge in [0.15, 0.2) is 0 Å². The van der Waals surface area contributed by atoms with Crippen LogP contribution in [0.2, 0.25) is 0 Å². The summed E-state index contributed by atoms with van der Waals surface area (Å²) in [6, 6.07) is 8.12. The van der Waals surface area contributed by atoms with E-state index in [4.69, 9.17) is 10.5 Å². The van der Waals surface area contributed by atoms with Gasteiger partial charge >= 0.3 is 6.01 Å². The maximum Gasteiger partial charge on any atom is 0.316 e. The average Bonchev–Trinajstić information content (AvgIpc) is 2.34. The molecule has 0 aliphatic rings. The minimum atomic E-state index is 0.378. The van der Waals surface area contributed by atoms with E-state index in [1.165, 1.54) is 0 Å². The number of benzene rings is 1. The maximum absolute atomic E-state index is 5.83. The van der Waals surface area contributed by atoms with Gasteiger partial charge in [0.05, 0.1) is 11.1 Å². The van der Waals surface area contributed by atoms with Gasteiger partial charge in [0.1, 0.15) is 0 Å². The van der Waals surface area contributed by atoms with Crippen LogP contribution in [0.1, 0.15) is 5.56 Å². The Hall–Kier alpha value is -1.62. The van der Waals surface area contributed by atoms with Gasteiger partial charge < -0.3 is 10.5 Å². The molecule has 0 aliphatic heterocycles. The molecule has 4 nitrogen and oxygen atoms in total. The first kappa shape index (κ1) is 11.9.